The van der Waals surface area contributed by atoms with Gasteiger partial charge in [0, 0.05) is 13.1 Å². The molecule has 31 heavy (non-hydrogen) atoms. The maximum atomic E-state index is 13.3. The van der Waals surface area contributed by atoms with Crippen molar-refractivity contribution < 1.29 is 19.1 Å². The van der Waals surface area contributed by atoms with Crippen LogP contribution in [-0.4, -0.2) is 47.5 Å². The molecule has 0 bridgehead atoms. The number of rotatable bonds is 9. The molecule has 174 valence electrons. The predicted molar refractivity (Wildman–Crippen MR) is 123 cm³/mol. The maximum absolute atomic E-state index is 13.3. The molecule has 0 aromatic heterocycles. The van der Waals surface area contributed by atoms with E-state index in [9.17, 15) is 14.4 Å². The normalized spacial score (nSPS) is 13.2. The van der Waals surface area contributed by atoms with Crippen LogP contribution in [0.25, 0.3) is 0 Å². The number of carbonyl (C=O) groups is 3. The summed E-state index contributed by atoms with van der Waals surface area (Å²) in [5, 5.41) is 5.55. The molecule has 0 saturated heterocycles. The second-order valence-electron chi connectivity index (χ2n) is 8.90. The van der Waals surface area contributed by atoms with Crippen molar-refractivity contribution in [2.75, 3.05) is 13.1 Å². The Kier molecular flexibility index (Phi) is 10.0. The third kappa shape index (κ3) is 8.23. The van der Waals surface area contributed by atoms with Crippen molar-refractivity contribution in [3.05, 3.63) is 34.9 Å². The summed E-state index contributed by atoms with van der Waals surface area (Å²) < 4.78 is 5.26. The van der Waals surface area contributed by atoms with Gasteiger partial charge in [0.05, 0.1) is 0 Å². The highest BCUT2D eigenvalue weighted by Crippen LogP contribution is 2.26. The molecule has 3 amide bonds. The number of benzene rings is 1. The van der Waals surface area contributed by atoms with Gasteiger partial charge in [-0.2, -0.15) is 0 Å². The minimum atomic E-state index is -0.841. The van der Waals surface area contributed by atoms with E-state index in [1.54, 1.807) is 27.7 Å². The van der Waals surface area contributed by atoms with E-state index in [2.05, 4.69) is 17.6 Å². The lowest BCUT2D eigenvalue weighted by Crippen LogP contribution is -2.52. The molecule has 2 unspecified atom stereocenters. The highest BCUT2D eigenvalue weighted by molar-refractivity contribution is 5.92. The number of alkyl carbamates (subject to hydrolysis) is 1. The SMILES string of the molecule is CCCCNC(=O)C(c1ccc(C)cc1C)N(CC)C(=O)C(C)NC(=O)OC(C)(C)C. The lowest BCUT2D eigenvalue weighted by atomic mass is 9.96. The van der Waals surface area contributed by atoms with E-state index in [1.807, 2.05) is 39.0 Å². The molecule has 1 aromatic rings. The Bertz CT molecular complexity index is 771. The van der Waals surface area contributed by atoms with Crippen LogP contribution in [0, 0.1) is 13.8 Å². The first-order valence-electron chi connectivity index (χ1n) is 11.1. The van der Waals surface area contributed by atoms with Crippen LogP contribution in [0.15, 0.2) is 18.2 Å². The Balaban J connectivity index is 3.18. The standard InChI is InChI=1S/C24H39N3O4/c1-9-11-14-25-21(28)20(19-13-12-16(3)15-17(19)4)27(10-2)22(29)18(5)26-23(30)31-24(6,7)8/h12-13,15,18,20H,9-11,14H2,1-8H3,(H,25,28)(H,26,30). The molecular weight excluding hydrogens is 394 g/mol. The second kappa shape index (κ2) is 11.7. The highest BCUT2D eigenvalue weighted by Gasteiger charge is 2.34. The Morgan fingerprint density at radius 1 is 1.13 bits per heavy atom. The lowest BCUT2D eigenvalue weighted by molar-refractivity contribution is -0.141. The van der Waals surface area contributed by atoms with Crippen molar-refractivity contribution in [2.45, 2.75) is 85.9 Å². The molecular formula is C24H39N3O4. The number of amides is 3. The van der Waals surface area contributed by atoms with E-state index in [-0.39, 0.29) is 11.8 Å². The summed E-state index contributed by atoms with van der Waals surface area (Å²) >= 11 is 0. The third-order valence-electron chi connectivity index (χ3n) is 4.84. The molecule has 0 radical (unpaired) electrons. The van der Waals surface area contributed by atoms with Gasteiger partial charge in [0.1, 0.15) is 17.7 Å². The molecule has 0 aliphatic carbocycles. The summed E-state index contributed by atoms with van der Waals surface area (Å²) in [6.07, 6.45) is 1.16. The van der Waals surface area contributed by atoms with Gasteiger partial charge in [-0.3, -0.25) is 9.59 Å². The van der Waals surface area contributed by atoms with Gasteiger partial charge < -0.3 is 20.3 Å². The smallest absolute Gasteiger partial charge is 0.408 e. The monoisotopic (exact) mass is 433 g/mol. The van der Waals surface area contributed by atoms with Gasteiger partial charge in [0.15, 0.2) is 0 Å². The Morgan fingerprint density at radius 2 is 1.77 bits per heavy atom. The van der Waals surface area contributed by atoms with Gasteiger partial charge in [-0.15, -0.1) is 0 Å². The number of carbonyl (C=O) groups excluding carboxylic acids is 3. The quantitative estimate of drug-likeness (QED) is 0.576. The van der Waals surface area contributed by atoms with Crippen molar-refractivity contribution >= 4 is 17.9 Å². The molecule has 7 nitrogen and oxygen atoms in total. The van der Waals surface area contributed by atoms with E-state index < -0.39 is 23.8 Å². The first kappa shape index (κ1) is 26.5. The number of unbranched alkanes of at least 4 members (excludes halogenated alkanes) is 1. The highest BCUT2D eigenvalue weighted by atomic mass is 16.6. The van der Waals surface area contributed by atoms with Crippen LogP contribution >= 0.6 is 0 Å². The molecule has 0 heterocycles. The van der Waals surface area contributed by atoms with Crippen LogP contribution in [0.3, 0.4) is 0 Å². The number of hydrogen-bond donors (Lipinski definition) is 2. The van der Waals surface area contributed by atoms with Crippen LogP contribution in [0.1, 0.15) is 77.1 Å². The topological polar surface area (TPSA) is 87.7 Å². The van der Waals surface area contributed by atoms with Crippen molar-refractivity contribution in [3.63, 3.8) is 0 Å². The first-order valence-corrected chi connectivity index (χ1v) is 11.1. The zero-order valence-electron chi connectivity index (χ0n) is 20.3. The van der Waals surface area contributed by atoms with Gasteiger partial charge in [-0.05, 0) is 66.0 Å². The molecule has 1 rings (SSSR count). The summed E-state index contributed by atoms with van der Waals surface area (Å²) in [7, 11) is 0. The van der Waals surface area contributed by atoms with Gasteiger partial charge in [0.25, 0.3) is 0 Å². The summed E-state index contributed by atoms with van der Waals surface area (Å²) in [6, 6.07) is 4.22. The molecule has 0 saturated carbocycles. The van der Waals surface area contributed by atoms with Crippen molar-refractivity contribution in [3.8, 4) is 0 Å². The predicted octanol–water partition coefficient (Wildman–Crippen LogP) is 4.02. The van der Waals surface area contributed by atoms with E-state index in [0.717, 1.165) is 29.5 Å². The number of ether oxygens (including phenoxy) is 1. The fourth-order valence-electron chi connectivity index (χ4n) is 3.33. The second-order valence-corrected chi connectivity index (χ2v) is 8.90. The van der Waals surface area contributed by atoms with E-state index in [0.29, 0.717) is 13.1 Å². The zero-order chi connectivity index (χ0) is 23.8. The summed E-state index contributed by atoms with van der Waals surface area (Å²) in [5.74, 6) is -0.566. The number of nitrogens with one attached hydrogen (secondary N) is 2. The van der Waals surface area contributed by atoms with Crippen molar-refractivity contribution in [2.24, 2.45) is 0 Å². The van der Waals surface area contributed by atoms with Gasteiger partial charge in [0.2, 0.25) is 11.8 Å². The Morgan fingerprint density at radius 3 is 2.29 bits per heavy atom. The molecule has 2 N–H and O–H groups in total. The fourth-order valence-corrected chi connectivity index (χ4v) is 3.33. The number of hydrogen-bond acceptors (Lipinski definition) is 4. The molecule has 2 atom stereocenters. The van der Waals surface area contributed by atoms with E-state index >= 15 is 0 Å². The van der Waals surface area contributed by atoms with Crippen LogP contribution in [-0.2, 0) is 14.3 Å². The molecule has 0 aliphatic rings. The fraction of sp³-hybridized carbons (Fsp3) is 0.625. The Hall–Kier alpha value is -2.57. The minimum absolute atomic E-state index is 0.222. The number of nitrogens with zero attached hydrogens (tertiary/aromatic N) is 1. The van der Waals surface area contributed by atoms with E-state index in [1.165, 1.54) is 4.90 Å². The summed E-state index contributed by atoms with van der Waals surface area (Å²) in [6.45, 7) is 15.6. The Labute approximate surface area is 186 Å². The van der Waals surface area contributed by atoms with E-state index in [4.69, 9.17) is 4.74 Å². The summed E-state index contributed by atoms with van der Waals surface area (Å²) in [5.41, 5.74) is 2.13. The molecule has 0 aliphatic heterocycles. The third-order valence-corrected chi connectivity index (χ3v) is 4.84. The first-order chi connectivity index (χ1) is 14.4. The number of aryl methyl sites for hydroxylation is 2. The van der Waals surface area contributed by atoms with Gasteiger partial charge in [-0.25, -0.2) is 4.79 Å². The maximum Gasteiger partial charge on any atom is 0.408 e. The van der Waals surface area contributed by atoms with Gasteiger partial charge >= 0.3 is 6.09 Å². The van der Waals surface area contributed by atoms with Crippen LogP contribution in [0.2, 0.25) is 0 Å². The average molecular weight is 434 g/mol. The van der Waals surface area contributed by atoms with Crippen molar-refractivity contribution in [1.29, 1.82) is 0 Å². The zero-order valence-corrected chi connectivity index (χ0v) is 20.3. The van der Waals surface area contributed by atoms with Crippen LogP contribution in [0.4, 0.5) is 4.79 Å². The van der Waals surface area contributed by atoms with Crippen LogP contribution < -0.4 is 10.6 Å². The molecule has 7 heteroatoms. The summed E-state index contributed by atoms with van der Waals surface area (Å²) in [4.78, 5) is 40.1. The minimum Gasteiger partial charge on any atom is -0.444 e. The number of likely N-dealkylation sites (N-methyl/N-ethyl adjacent to an activating group) is 1. The molecule has 0 spiro atoms. The average Bonchev–Trinajstić information content (AvgIpc) is 2.64. The van der Waals surface area contributed by atoms with Crippen molar-refractivity contribution in [1.82, 2.24) is 15.5 Å². The molecule has 1 aromatic carbocycles. The molecule has 0 fully saturated rings. The lowest BCUT2D eigenvalue weighted by Gasteiger charge is -2.33. The van der Waals surface area contributed by atoms with Gasteiger partial charge in [-0.1, -0.05) is 37.1 Å². The largest absolute Gasteiger partial charge is 0.444 e. The van der Waals surface area contributed by atoms with Crippen LogP contribution in [0.5, 0.6) is 0 Å².